The van der Waals surface area contributed by atoms with Gasteiger partial charge in [-0.2, -0.15) is 0 Å². The van der Waals surface area contributed by atoms with Gasteiger partial charge in [-0.05, 0) is 24.0 Å². The van der Waals surface area contributed by atoms with Crippen molar-refractivity contribution in [3.05, 3.63) is 100.0 Å². The first-order chi connectivity index (χ1) is 13.2. The molecule has 138 valence electrons. The monoisotopic (exact) mass is 360 g/mol. The number of benzene rings is 2. The Kier molecular flexibility index (Phi) is 5.07. The maximum absolute atomic E-state index is 11.9. The Balaban J connectivity index is 1.58. The van der Waals surface area contributed by atoms with Crippen molar-refractivity contribution in [1.82, 2.24) is 9.47 Å². The fraction of sp³-hybridized carbons (Fsp3) is 0.261. The molecular formula is C23H24N2O2. The molecule has 0 saturated heterocycles. The number of hydrogen-bond donors (Lipinski definition) is 1. The van der Waals surface area contributed by atoms with E-state index < -0.39 is 0 Å². The molecule has 4 nitrogen and oxygen atoms in total. The minimum Gasteiger partial charge on any atom is -0.503 e. The Morgan fingerprint density at radius 3 is 2.33 bits per heavy atom. The molecule has 0 saturated carbocycles. The molecule has 4 heteroatoms. The third-order valence-corrected chi connectivity index (χ3v) is 5.32. The summed E-state index contributed by atoms with van der Waals surface area (Å²) >= 11 is 0. The summed E-state index contributed by atoms with van der Waals surface area (Å²) in [7, 11) is 0. The van der Waals surface area contributed by atoms with Crippen LogP contribution in [-0.4, -0.2) is 20.6 Å². The highest BCUT2D eigenvalue weighted by molar-refractivity contribution is 5.23. The van der Waals surface area contributed by atoms with Crippen molar-refractivity contribution in [2.45, 2.75) is 38.5 Å². The van der Waals surface area contributed by atoms with Gasteiger partial charge in [-0.15, -0.1) is 0 Å². The van der Waals surface area contributed by atoms with Crippen molar-refractivity contribution in [1.29, 1.82) is 0 Å². The molecule has 3 aromatic rings. The third-order valence-electron chi connectivity index (χ3n) is 5.32. The van der Waals surface area contributed by atoms with E-state index in [1.54, 1.807) is 12.3 Å². The van der Waals surface area contributed by atoms with Crippen LogP contribution in [0, 0.1) is 0 Å². The number of hydrogen-bond acceptors (Lipinski definition) is 3. The lowest BCUT2D eigenvalue weighted by atomic mass is 10.0. The van der Waals surface area contributed by atoms with Gasteiger partial charge in [0.25, 0.3) is 0 Å². The molecule has 0 bridgehead atoms. The molecule has 0 fully saturated rings. The van der Waals surface area contributed by atoms with E-state index in [-0.39, 0.29) is 11.2 Å². The van der Waals surface area contributed by atoms with E-state index in [1.807, 2.05) is 16.7 Å². The summed E-state index contributed by atoms with van der Waals surface area (Å²) in [5, 5.41) is 9.82. The maximum Gasteiger partial charge on any atom is 0.223 e. The minimum absolute atomic E-state index is 0.169. The van der Waals surface area contributed by atoms with E-state index in [0.717, 1.165) is 31.6 Å². The molecule has 0 amide bonds. The predicted octanol–water partition coefficient (Wildman–Crippen LogP) is 3.57. The number of fused-ring (bicyclic) bond motifs is 1. The quantitative estimate of drug-likeness (QED) is 0.757. The van der Waals surface area contributed by atoms with Crippen molar-refractivity contribution in [2.75, 3.05) is 0 Å². The first-order valence-corrected chi connectivity index (χ1v) is 9.43. The van der Waals surface area contributed by atoms with Crippen LogP contribution in [0.1, 0.15) is 23.2 Å². The number of nitrogens with zero attached hydrogens (tertiary/aromatic N) is 2. The van der Waals surface area contributed by atoms with E-state index in [9.17, 15) is 9.90 Å². The molecule has 2 aromatic carbocycles. The molecule has 27 heavy (non-hydrogen) atoms. The van der Waals surface area contributed by atoms with Gasteiger partial charge in [0.05, 0.1) is 6.20 Å². The number of pyridine rings is 1. The van der Waals surface area contributed by atoms with Crippen molar-refractivity contribution < 1.29 is 5.11 Å². The maximum atomic E-state index is 11.9. The molecule has 1 aliphatic rings. The highest BCUT2D eigenvalue weighted by atomic mass is 16.3. The van der Waals surface area contributed by atoms with E-state index >= 15 is 0 Å². The van der Waals surface area contributed by atoms with Gasteiger partial charge < -0.3 is 9.67 Å². The second kappa shape index (κ2) is 7.80. The highest BCUT2D eigenvalue weighted by Crippen LogP contribution is 2.24. The summed E-state index contributed by atoms with van der Waals surface area (Å²) in [6, 6.07) is 22.9. The summed E-state index contributed by atoms with van der Waals surface area (Å²) in [6.45, 7) is 2.35. The van der Waals surface area contributed by atoms with Crippen LogP contribution in [0.5, 0.6) is 5.75 Å². The molecule has 2 heterocycles. The number of aromatic hydroxyl groups is 1. The fourth-order valence-electron chi connectivity index (χ4n) is 3.84. The van der Waals surface area contributed by atoms with Gasteiger partial charge >= 0.3 is 0 Å². The molecule has 1 aliphatic heterocycles. The Bertz CT molecular complexity index is 951. The van der Waals surface area contributed by atoms with Crippen LogP contribution in [-0.2, 0) is 26.1 Å². The van der Waals surface area contributed by atoms with Gasteiger partial charge in [-0.1, -0.05) is 60.7 Å². The van der Waals surface area contributed by atoms with Crippen LogP contribution < -0.4 is 5.43 Å². The van der Waals surface area contributed by atoms with E-state index in [0.29, 0.717) is 12.6 Å². The van der Waals surface area contributed by atoms with Gasteiger partial charge in [-0.3, -0.25) is 9.69 Å². The van der Waals surface area contributed by atoms with Crippen LogP contribution in [0.15, 0.2) is 77.7 Å². The Hall–Kier alpha value is -2.85. The standard InChI is InChI=1S/C23H24N2O2/c26-22-13-21-16-24(14-19-9-5-2-6-10-19)20(15-25(21)17-23(22)27)12-11-18-7-3-1-4-8-18/h1-10,13,17,20,27H,11-12,14-16H2. The van der Waals surface area contributed by atoms with E-state index in [4.69, 9.17) is 0 Å². The molecule has 1 unspecified atom stereocenters. The van der Waals surface area contributed by atoms with Crippen molar-refractivity contribution in [3.8, 4) is 5.75 Å². The van der Waals surface area contributed by atoms with Gasteiger partial charge in [-0.25, -0.2) is 0 Å². The molecular weight excluding hydrogens is 336 g/mol. The molecule has 0 radical (unpaired) electrons. The molecule has 1 N–H and O–H groups in total. The Morgan fingerprint density at radius 1 is 0.963 bits per heavy atom. The fourth-order valence-corrected chi connectivity index (χ4v) is 3.84. The molecule has 4 rings (SSSR count). The van der Waals surface area contributed by atoms with Gasteiger partial charge in [0, 0.05) is 37.4 Å². The predicted molar refractivity (Wildman–Crippen MR) is 107 cm³/mol. The smallest absolute Gasteiger partial charge is 0.223 e. The number of rotatable bonds is 5. The second-order valence-corrected chi connectivity index (χ2v) is 7.24. The lowest BCUT2D eigenvalue weighted by Crippen LogP contribution is -2.43. The van der Waals surface area contributed by atoms with Crippen LogP contribution in [0.25, 0.3) is 0 Å². The zero-order valence-corrected chi connectivity index (χ0v) is 15.3. The first-order valence-electron chi connectivity index (χ1n) is 9.43. The van der Waals surface area contributed by atoms with Crippen LogP contribution in [0.2, 0.25) is 0 Å². The van der Waals surface area contributed by atoms with Crippen LogP contribution in [0.3, 0.4) is 0 Å². The van der Waals surface area contributed by atoms with Crippen molar-refractivity contribution in [3.63, 3.8) is 0 Å². The summed E-state index contributed by atoms with van der Waals surface area (Å²) in [5.41, 5.74) is 3.27. The summed E-state index contributed by atoms with van der Waals surface area (Å²) in [4.78, 5) is 14.3. The average molecular weight is 360 g/mol. The normalized spacial score (nSPS) is 16.8. The third kappa shape index (κ3) is 4.12. The zero-order valence-electron chi connectivity index (χ0n) is 15.3. The van der Waals surface area contributed by atoms with Crippen molar-refractivity contribution in [2.24, 2.45) is 0 Å². The summed E-state index contributed by atoms with van der Waals surface area (Å²) in [6.07, 6.45) is 3.63. The van der Waals surface area contributed by atoms with Gasteiger partial charge in [0.2, 0.25) is 5.43 Å². The van der Waals surface area contributed by atoms with Gasteiger partial charge in [0.1, 0.15) is 0 Å². The molecule has 1 aromatic heterocycles. The topological polar surface area (TPSA) is 45.5 Å². The number of aryl methyl sites for hydroxylation is 1. The van der Waals surface area contributed by atoms with Crippen molar-refractivity contribution >= 4 is 0 Å². The Morgan fingerprint density at radius 2 is 1.63 bits per heavy atom. The van der Waals surface area contributed by atoms with E-state index in [2.05, 4.69) is 53.4 Å². The first kappa shape index (κ1) is 17.6. The molecule has 1 atom stereocenters. The van der Waals surface area contributed by atoms with Crippen LogP contribution in [0.4, 0.5) is 0 Å². The molecule has 0 aliphatic carbocycles. The SMILES string of the molecule is O=c1cc2n(cc1O)CC(CCc1ccccc1)N(Cc1ccccc1)C2. The van der Waals surface area contributed by atoms with E-state index in [1.165, 1.54) is 11.1 Å². The summed E-state index contributed by atoms with van der Waals surface area (Å²) in [5.74, 6) is -0.169. The molecule has 0 spiro atoms. The average Bonchev–Trinajstić information content (AvgIpc) is 2.69. The lowest BCUT2D eigenvalue weighted by Gasteiger charge is -2.38. The highest BCUT2D eigenvalue weighted by Gasteiger charge is 2.26. The summed E-state index contributed by atoms with van der Waals surface area (Å²) < 4.78 is 2.04. The second-order valence-electron chi connectivity index (χ2n) is 7.24. The lowest BCUT2D eigenvalue weighted by molar-refractivity contribution is 0.122. The van der Waals surface area contributed by atoms with Crippen LogP contribution >= 0.6 is 0 Å². The zero-order chi connectivity index (χ0) is 18.6. The largest absolute Gasteiger partial charge is 0.503 e. The van der Waals surface area contributed by atoms with Gasteiger partial charge in [0.15, 0.2) is 5.75 Å². The minimum atomic E-state index is -0.302. The number of aromatic nitrogens is 1. The Labute approximate surface area is 159 Å².